The maximum absolute atomic E-state index is 11.2. The molecule has 1 heterocycles. The summed E-state index contributed by atoms with van der Waals surface area (Å²) in [7, 11) is 0. The molecule has 0 saturated carbocycles. The van der Waals surface area contributed by atoms with E-state index < -0.39 is 4.92 Å². The van der Waals surface area contributed by atoms with Crippen LogP contribution in [0.4, 0.5) is 11.4 Å². The topological polar surface area (TPSA) is 95.0 Å². The van der Waals surface area contributed by atoms with Gasteiger partial charge in [0.1, 0.15) is 5.69 Å². The summed E-state index contributed by atoms with van der Waals surface area (Å²) in [5, 5.41) is 11.1. The van der Waals surface area contributed by atoms with Gasteiger partial charge >= 0.3 is 5.69 Å². The Bertz CT molecular complexity index is 639. The number of nitrogens with one attached hydrogen (secondary N) is 2. The Morgan fingerprint density at radius 3 is 2.28 bits per heavy atom. The van der Waals surface area contributed by atoms with Crippen molar-refractivity contribution in [3.63, 3.8) is 0 Å². The number of anilines is 1. The van der Waals surface area contributed by atoms with Gasteiger partial charge < -0.3 is 14.9 Å². The number of imidazole rings is 1. The maximum Gasteiger partial charge on any atom is 0.323 e. The van der Waals surface area contributed by atoms with Crippen LogP contribution >= 0.6 is 0 Å². The molecule has 0 fully saturated rings. The minimum Gasteiger partial charge on any atom is -0.366 e. The van der Waals surface area contributed by atoms with Gasteiger partial charge in [0.05, 0.1) is 16.0 Å². The SMILES string of the molecule is CCN(CC)c1cc2[nH]c(=O)[nH]c2cc1[N+](=O)[O-]. The molecular formula is C11H14N4O3. The van der Waals surface area contributed by atoms with Gasteiger partial charge in [0.25, 0.3) is 5.69 Å². The Hall–Kier alpha value is -2.31. The van der Waals surface area contributed by atoms with Crippen LogP contribution in [0.2, 0.25) is 0 Å². The highest BCUT2D eigenvalue weighted by Crippen LogP contribution is 2.31. The Balaban J connectivity index is 2.71. The first-order valence-electron chi connectivity index (χ1n) is 5.72. The standard InChI is InChI=1S/C11H14N4O3/c1-3-14(4-2)9-5-7-8(13-11(16)12-7)6-10(9)15(17)18/h5-6H,3-4H2,1-2H3,(H2,12,13,16). The van der Waals surface area contributed by atoms with Crippen molar-refractivity contribution >= 4 is 22.4 Å². The Labute approximate surface area is 103 Å². The highest BCUT2D eigenvalue weighted by atomic mass is 16.6. The molecule has 0 radical (unpaired) electrons. The predicted octanol–water partition coefficient (Wildman–Crippen LogP) is 1.61. The second kappa shape index (κ2) is 4.52. The summed E-state index contributed by atoms with van der Waals surface area (Å²) < 4.78 is 0. The van der Waals surface area contributed by atoms with E-state index in [4.69, 9.17) is 0 Å². The van der Waals surface area contributed by atoms with Gasteiger partial charge in [-0.1, -0.05) is 0 Å². The zero-order valence-electron chi connectivity index (χ0n) is 10.2. The van der Waals surface area contributed by atoms with Crippen molar-refractivity contribution in [2.75, 3.05) is 18.0 Å². The van der Waals surface area contributed by atoms with Crippen LogP contribution in [0, 0.1) is 10.1 Å². The third kappa shape index (κ3) is 1.94. The highest BCUT2D eigenvalue weighted by Gasteiger charge is 2.19. The number of nitro benzene ring substituents is 1. The molecule has 18 heavy (non-hydrogen) atoms. The van der Waals surface area contributed by atoms with Gasteiger partial charge in [-0.2, -0.15) is 0 Å². The van der Waals surface area contributed by atoms with Crippen LogP contribution in [0.15, 0.2) is 16.9 Å². The van der Waals surface area contributed by atoms with Gasteiger partial charge in [0.2, 0.25) is 0 Å². The summed E-state index contributed by atoms with van der Waals surface area (Å²) >= 11 is 0. The van der Waals surface area contributed by atoms with Crippen LogP contribution in [-0.4, -0.2) is 28.0 Å². The average Bonchev–Trinajstić information content (AvgIpc) is 2.68. The Kier molecular flexibility index (Phi) is 3.05. The molecule has 7 nitrogen and oxygen atoms in total. The number of hydrogen-bond donors (Lipinski definition) is 2. The van der Waals surface area contributed by atoms with E-state index in [-0.39, 0.29) is 11.4 Å². The number of nitrogens with zero attached hydrogens (tertiary/aromatic N) is 2. The van der Waals surface area contributed by atoms with Gasteiger partial charge in [-0.05, 0) is 19.9 Å². The van der Waals surface area contributed by atoms with Crippen molar-refractivity contribution in [1.29, 1.82) is 0 Å². The van der Waals surface area contributed by atoms with Crippen molar-refractivity contribution in [2.24, 2.45) is 0 Å². The predicted molar refractivity (Wildman–Crippen MR) is 69.1 cm³/mol. The van der Waals surface area contributed by atoms with Gasteiger partial charge in [-0.15, -0.1) is 0 Å². The molecule has 7 heteroatoms. The first kappa shape index (κ1) is 12.2. The van der Waals surface area contributed by atoms with E-state index in [0.717, 1.165) is 0 Å². The molecule has 0 aliphatic heterocycles. The normalized spacial score (nSPS) is 10.8. The van der Waals surface area contributed by atoms with Crippen LogP contribution in [0.3, 0.4) is 0 Å². The molecule has 1 aromatic carbocycles. The second-order valence-corrected chi connectivity index (χ2v) is 3.90. The number of aromatic nitrogens is 2. The summed E-state index contributed by atoms with van der Waals surface area (Å²) in [6.45, 7) is 5.18. The van der Waals surface area contributed by atoms with Gasteiger partial charge in [-0.3, -0.25) is 10.1 Å². The van der Waals surface area contributed by atoms with Crippen LogP contribution < -0.4 is 10.6 Å². The lowest BCUT2D eigenvalue weighted by Gasteiger charge is -2.20. The molecule has 0 saturated heterocycles. The monoisotopic (exact) mass is 250 g/mol. The third-order valence-corrected chi connectivity index (χ3v) is 2.91. The van der Waals surface area contributed by atoms with Gasteiger partial charge in [0.15, 0.2) is 0 Å². The van der Waals surface area contributed by atoms with E-state index in [1.165, 1.54) is 6.07 Å². The molecule has 0 amide bonds. The van der Waals surface area contributed by atoms with E-state index in [9.17, 15) is 14.9 Å². The largest absolute Gasteiger partial charge is 0.366 e. The lowest BCUT2D eigenvalue weighted by molar-refractivity contribution is -0.384. The fraction of sp³-hybridized carbons (Fsp3) is 0.364. The minimum atomic E-state index is -0.432. The molecule has 2 aromatic rings. The highest BCUT2D eigenvalue weighted by molar-refractivity contribution is 5.85. The molecule has 0 aliphatic carbocycles. The fourth-order valence-corrected chi connectivity index (χ4v) is 2.02. The van der Waals surface area contributed by atoms with Crippen LogP contribution in [0.1, 0.15) is 13.8 Å². The quantitative estimate of drug-likeness (QED) is 0.636. The number of rotatable bonds is 4. The van der Waals surface area contributed by atoms with E-state index >= 15 is 0 Å². The molecule has 0 bridgehead atoms. The minimum absolute atomic E-state index is 0.00134. The van der Waals surface area contributed by atoms with Crippen molar-refractivity contribution in [1.82, 2.24) is 9.97 Å². The van der Waals surface area contributed by atoms with Crippen molar-refractivity contribution < 1.29 is 4.92 Å². The van der Waals surface area contributed by atoms with Crippen LogP contribution in [0.5, 0.6) is 0 Å². The van der Waals surface area contributed by atoms with Crippen molar-refractivity contribution in [2.45, 2.75) is 13.8 Å². The molecule has 1 aromatic heterocycles. The average molecular weight is 250 g/mol. The van der Waals surface area contributed by atoms with Crippen LogP contribution in [0.25, 0.3) is 11.0 Å². The molecule has 0 spiro atoms. The summed E-state index contributed by atoms with van der Waals surface area (Å²) in [6.07, 6.45) is 0. The number of aromatic amines is 2. The smallest absolute Gasteiger partial charge is 0.323 e. The lowest BCUT2D eigenvalue weighted by Crippen LogP contribution is -2.22. The Morgan fingerprint density at radius 1 is 1.22 bits per heavy atom. The molecule has 0 aliphatic rings. The van der Waals surface area contributed by atoms with E-state index in [0.29, 0.717) is 29.8 Å². The second-order valence-electron chi connectivity index (χ2n) is 3.90. The van der Waals surface area contributed by atoms with E-state index in [1.54, 1.807) is 6.07 Å². The first-order chi connectivity index (χ1) is 8.56. The first-order valence-corrected chi connectivity index (χ1v) is 5.72. The van der Waals surface area contributed by atoms with Crippen LogP contribution in [-0.2, 0) is 0 Å². The number of hydrogen-bond acceptors (Lipinski definition) is 4. The van der Waals surface area contributed by atoms with E-state index in [1.807, 2.05) is 18.7 Å². The molecular weight excluding hydrogens is 236 g/mol. The maximum atomic E-state index is 11.2. The zero-order valence-corrected chi connectivity index (χ0v) is 10.2. The lowest BCUT2D eigenvalue weighted by atomic mass is 10.2. The number of H-pyrrole nitrogens is 2. The summed E-state index contributed by atoms with van der Waals surface area (Å²) in [4.78, 5) is 28.9. The Morgan fingerprint density at radius 2 is 1.78 bits per heavy atom. The number of fused-ring (bicyclic) bond motifs is 1. The summed E-state index contributed by atoms with van der Waals surface area (Å²) in [6, 6.07) is 3.03. The van der Waals surface area contributed by atoms with Crippen molar-refractivity contribution in [3.8, 4) is 0 Å². The number of nitro groups is 1. The molecule has 0 atom stereocenters. The third-order valence-electron chi connectivity index (χ3n) is 2.91. The van der Waals surface area contributed by atoms with Gasteiger partial charge in [0, 0.05) is 19.2 Å². The summed E-state index contributed by atoms with van der Waals surface area (Å²) in [5.41, 5.74) is 1.18. The van der Waals surface area contributed by atoms with Gasteiger partial charge in [-0.25, -0.2) is 4.79 Å². The summed E-state index contributed by atoms with van der Waals surface area (Å²) in [5.74, 6) is 0. The zero-order chi connectivity index (χ0) is 13.3. The molecule has 96 valence electrons. The molecule has 2 rings (SSSR count). The van der Waals surface area contributed by atoms with Crippen molar-refractivity contribution in [3.05, 3.63) is 32.7 Å². The molecule has 0 unspecified atom stereocenters. The van der Waals surface area contributed by atoms with E-state index in [2.05, 4.69) is 9.97 Å². The number of benzene rings is 1. The fourth-order valence-electron chi connectivity index (χ4n) is 2.02. The molecule has 2 N–H and O–H groups in total.